The van der Waals surface area contributed by atoms with Crippen molar-refractivity contribution in [2.24, 2.45) is 5.41 Å². The topological polar surface area (TPSA) is 76.6 Å². The molecule has 3 aliphatic rings. The van der Waals surface area contributed by atoms with Gasteiger partial charge in [-0.2, -0.15) is 0 Å². The van der Waals surface area contributed by atoms with Crippen LogP contribution in [-0.4, -0.2) is 59.8 Å². The van der Waals surface area contributed by atoms with Gasteiger partial charge in [0, 0.05) is 48.9 Å². The number of hydrogen-bond donors (Lipinski definition) is 1. The van der Waals surface area contributed by atoms with Gasteiger partial charge in [0.2, 0.25) is 5.95 Å². The van der Waals surface area contributed by atoms with Crippen LogP contribution in [0.1, 0.15) is 35.7 Å². The minimum Gasteiger partial charge on any atom is -0.381 e. The van der Waals surface area contributed by atoms with Crippen LogP contribution in [0, 0.1) is 5.41 Å². The maximum atomic E-state index is 13.0. The Hall–Kier alpha value is -2.22. The zero-order valence-electron chi connectivity index (χ0n) is 17.0. The van der Waals surface area contributed by atoms with Crippen molar-refractivity contribution in [2.75, 3.05) is 38.3 Å². The summed E-state index contributed by atoms with van der Waals surface area (Å²) in [5.41, 5.74) is 3.28. The summed E-state index contributed by atoms with van der Waals surface area (Å²) >= 11 is 6.42. The van der Waals surface area contributed by atoms with Crippen molar-refractivity contribution in [3.05, 3.63) is 40.5 Å². The van der Waals surface area contributed by atoms with E-state index in [1.165, 1.54) is 0 Å². The highest BCUT2D eigenvalue weighted by molar-refractivity contribution is 6.33. The fourth-order valence-corrected chi connectivity index (χ4v) is 4.50. The molecule has 0 spiro atoms. The number of nitrogens with zero attached hydrogens (tertiary/aromatic N) is 3. The molecule has 4 heterocycles. The van der Waals surface area contributed by atoms with Crippen molar-refractivity contribution in [1.82, 2.24) is 14.9 Å². The van der Waals surface area contributed by atoms with Crippen LogP contribution in [0.15, 0.2) is 24.4 Å². The third kappa shape index (κ3) is 3.77. The van der Waals surface area contributed by atoms with Crippen LogP contribution < -0.4 is 5.32 Å². The number of halogens is 1. The average molecular weight is 429 g/mol. The first-order valence-electron chi connectivity index (χ1n) is 10.4. The zero-order chi connectivity index (χ0) is 20.7. The molecule has 3 aliphatic heterocycles. The molecule has 1 amide bonds. The molecule has 5 rings (SSSR count). The van der Waals surface area contributed by atoms with Crippen LogP contribution in [-0.2, 0) is 16.0 Å². The highest BCUT2D eigenvalue weighted by Gasteiger charge is 2.39. The monoisotopic (exact) mass is 428 g/mol. The molecule has 30 heavy (non-hydrogen) atoms. The second-order valence-electron chi connectivity index (χ2n) is 8.76. The second kappa shape index (κ2) is 7.80. The summed E-state index contributed by atoms with van der Waals surface area (Å²) in [5.74, 6) is 0.610. The number of hydrogen-bond acceptors (Lipinski definition) is 6. The highest BCUT2D eigenvalue weighted by atomic mass is 35.5. The highest BCUT2D eigenvalue weighted by Crippen LogP contribution is 2.34. The number of carbonyl (C=O) groups is 1. The zero-order valence-corrected chi connectivity index (χ0v) is 17.7. The van der Waals surface area contributed by atoms with E-state index in [0.717, 1.165) is 42.7 Å². The van der Waals surface area contributed by atoms with Crippen molar-refractivity contribution in [3.63, 3.8) is 0 Å². The maximum Gasteiger partial charge on any atom is 0.254 e. The van der Waals surface area contributed by atoms with Crippen LogP contribution >= 0.6 is 11.6 Å². The van der Waals surface area contributed by atoms with Gasteiger partial charge in [-0.05, 0) is 24.5 Å². The van der Waals surface area contributed by atoms with E-state index in [1.54, 1.807) is 6.20 Å². The molecule has 0 radical (unpaired) electrons. The summed E-state index contributed by atoms with van der Waals surface area (Å²) in [5, 5.41) is 3.84. The lowest BCUT2D eigenvalue weighted by molar-refractivity contribution is -0.111. The Labute approximate surface area is 180 Å². The number of fused-ring (bicyclic) bond motifs is 1. The lowest BCUT2D eigenvalue weighted by Crippen LogP contribution is -2.48. The number of rotatable bonds is 5. The Balaban J connectivity index is 1.37. The smallest absolute Gasteiger partial charge is 0.254 e. The predicted molar refractivity (Wildman–Crippen MR) is 114 cm³/mol. The maximum absolute atomic E-state index is 13.0. The lowest BCUT2D eigenvalue weighted by atomic mass is 9.88. The SMILES string of the molecule is CC1(CN2Cc3ccc(-c4nc(NC5CCOCC5)ncc4Cl)cc3C2=O)COC1. The molecule has 2 aromatic rings. The molecule has 8 heteroatoms. The van der Waals surface area contributed by atoms with Gasteiger partial charge in [0.25, 0.3) is 5.91 Å². The third-order valence-corrected chi connectivity index (χ3v) is 6.31. The van der Waals surface area contributed by atoms with Gasteiger partial charge in [-0.15, -0.1) is 0 Å². The fraction of sp³-hybridized carbons (Fsp3) is 0.500. The summed E-state index contributed by atoms with van der Waals surface area (Å²) in [4.78, 5) is 23.9. The molecule has 0 unspecified atom stereocenters. The van der Waals surface area contributed by atoms with Crippen molar-refractivity contribution in [2.45, 2.75) is 32.4 Å². The largest absolute Gasteiger partial charge is 0.381 e. The van der Waals surface area contributed by atoms with Crippen molar-refractivity contribution >= 4 is 23.5 Å². The minimum atomic E-state index is 0.0568. The van der Waals surface area contributed by atoms with Crippen molar-refractivity contribution in [1.29, 1.82) is 0 Å². The van der Waals surface area contributed by atoms with Crippen LogP contribution in [0.2, 0.25) is 5.02 Å². The molecule has 2 saturated heterocycles. The van der Waals surface area contributed by atoms with E-state index in [2.05, 4.69) is 22.2 Å². The Morgan fingerprint density at radius 2 is 2.07 bits per heavy atom. The van der Waals surface area contributed by atoms with Gasteiger partial charge in [0.05, 0.1) is 30.1 Å². The molecule has 7 nitrogen and oxygen atoms in total. The first kappa shape index (κ1) is 19.7. The number of amides is 1. The average Bonchev–Trinajstić information content (AvgIpc) is 3.04. The summed E-state index contributed by atoms with van der Waals surface area (Å²) < 4.78 is 10.7. The summed E-state index contributed by atoms with van der Waals surface area (Å²) in [7, 11) is 0. The number of nitrogens with one attached hydrogen (secondary N) is 1. The van der Waals surface area contributed by atoms with Crippen LogP contribution in [0.3, 0.4) is 0 Å². The van der Waals surface area contributed by atoms with E-state index in [-0.39, 0.29) is 11.3 Å². The van der Waals surface area contributed by atoms with Crippen LogP contribution in [0.5, 0.6) is 0 Å². The molecule has 1 aromatic heterocycles. The van der Waals surface area contributed by atoms with E-state index >= 15 is 0 Å². The normalized spacial score (nSPS) is 20.7. The molecule has 0 atom stereocenters. The first-order valence-corrected chi connectivity index (χ1v) is 10.8. The summed E-state index contributed by atoms with van der Waals surface area (Å²) in [6.07, 6.45) is 3.47. The second-order valence-corrected chi connectivity index (χ2v) is 9.16. The minimum absolute atomic E-state index is 0.0568. The Bertz CT molecular complexity index is 973. The molecule has 158 valence electrons. The van der Waals surface area contributed by atoms with Gasteiger partial charge in [0.15, 0.2) is 0 Å². The van der Waals surface area contributed by atoms with E-state index in [9.17, 15) is 4.79 Å². The quantitative estimate of drug-likeness (QED) is 0.786. The standard InChI is InChI=1S/C22H25ClN4O3/c1-22(12-30-13-22)11-27-10-15-3-2-14(8-17(15)20(27)28)19-18(23)9-24-21(26-19)25-16-4-6-29-7-5-16/h2-3,8-9,16H,4-7,10-13H2,1H3,(H,24,25,26). The van der Waals surface area contributed by atoms with Crippen LogP contribution in [0.4, 0.5) is 5.95 Å². The molecule has 1 N–H and O–H groups in total. The number of aromatic nitrogens is 2. The Morgan fingerprint density at radius 1 is 1.27 bits per heavy atom. The number of ether oxygens (including phenoxy) is 2. The lowest BCUT2D eigenvalue weighted by Gasteiger charge is -2.40. The van der Waals surface area contributed by atoms with Crippen molar-refractivity contribution < 1.29 is 14.3 Å². The van der Waals surface area contributed by atoms with Gasteiger partial charge in [-0.3, -0.25) is 4.79 Å². The fourth-order valence-electron chi connectivity index (χ4n) is 4.30. The molecule has 0 bridgehead atoms. The molecule has 0 saturated carbocycles. The molecule has 2 fully saturated rings. The molecule has 1 aromatic carbocycles. The van der Waals surface area contributed by atoms with E-state index in [1.807, 2.05) is 23.1 Å². The molecular weight excluding hydrogens is 404 g/mol. The van der Waals surface area contributed by atoms with E-state index in [0.29, 0.717) is 49.0 Å². The Kier molecular flexibility index (Phi) is 5.13. The van der Waals surface area contributed by atoms with Gasteiger partial charge in [0.1, 0.15) is 0 Å². The number of carbonyl (C=O) groups excluding carboxylic acids is 1. The van der Waals surface area contributed by atoms with Crippen LogP contribution in [0.25, 0.3) is 11.3 Å². The van der Waals surface area contributed by atoms with Crippen molar-refractivity contribution in [3.8, 4) is 11.3 Å². The summed E-state index contributed by atoms with van der Waals surface area (Å²) in [6.45, 7) is 6.41. The predicted octanol–water partition coefficient (Wildman–Crippen LogP) is 3.38. The first-order chi connectivity index (χ1) is 14.5. The molecular formula is C22H25ClN4O3. The number of anilines is 1. The summed E-state index contributed by atoms with van der Waals surface area (Å²) in [6, 6.07) is 6.19. The third-order valence-electron chi connectivity index (χ3n) is 6.03. The van der Waals surface area contributed by atoms with E-state index < -0.39 is 0 Å². The van der Waals surface area contributed by atoms with Gasteiger partial charge >= 0.3 is 0 Å². The Morgan fingerprint density at radius 3 is 2.80 bits per heavy atom. The van der Waals surface area contributed by atoms with Gasteiger partial charge in [-0.1, -0.05) is 30.7 Å². The van der Waals surface area contributed by atoms with Gasteiger partial charge in [-0.25, -0.2) is 9.97 Å². The molecule has 0 aliphatic carbocycles. The number of benzene rings is 1. The van der Waals surface area contributed by atoms with E-state index in [4.69, 9.17) is 21.1 Å². The van der Waals surface area contributed by atoms with Gasteiger partial charge < -0.3 is 19.7 Å².